The van der Waals surface area contributed by atoms with E-state index in [1.807, 2.05) is 25.0 Å². The first-order chi connectivity index (χ1) is 5.36. The highest BCUT2D eigenvalue weighted by Gasteiger charge is 2.01. The Morgan fingerprint density at radius 1 is 1.73 bits per heavy atom. The molecule has 0 unspecified atom stereocenters. The standard InChI is InChI=1S/C9H10O2/c1-2-11-9-5-3-4-8(6-9)7-10/h3,5-6H,2,4H2,1H3. The molecule has 0 aromatic carbocycles. The van der Waals surface area contributed by atoms with Crippen molar-refractivity contribution in [1.29, 1.82) is 0 Å². The zero-order valence-electron chi connectivity index (χ0n) is 6.46. The van der Waals surface area contributed by atoms with Gasteiger partial charge in [0.1, 0.15) is 11.7 Å². The van der Waals surface area contributed by atoms with Crippen molar-refractivity contribution in [3.63, 3.8) is 0 Å². The molecule has 1 aliphatic carbocycles. The van der Waals surface area contributed by atoms with Crippen LogP contribution < -0.4 is 0 Å². The van der Waals surface area contributed by atoms with Crippen LogP contribution in [0.2, 0.25) is 0 Å². The van der Waals surface area contributed by atoms with Crippen LogP contribution in [0.25, 0.3) is 0 Å². The van der Waals surface area contributed by atoms with Crippen molar-refractivity contribution in [3.8, 4) is 0 Å². The van der Waals surface area contributed by atoms with Gasteiger partial charge in [-0.2, -0.15) is 0 Å². The molecular formula is C9H10O2. The molecule has 0 heterocycles. The van der Waals surface area contributed by atoms with Gasteiger partial charge in [0.15, 0.2) is 0 Å². The summed E-state index contributed by atoms with van der Waals surface area (Å²) in [5.74, 6) is 2.60. The minimum atomic E-state index is 0.627. The van der Waals surface area contributed by atoms with E-state index < -0.39 is 0 Å². The average Bonchev–Trinajstić information content (AvgIpc) is 2.06. The van der Waals surface area contributed by atoms with Crippen LogP contribution in [0.1, 0.15) is 13.3 Å². The minimum Gasteiger partial charge on any atom is -0.494 e. The fourth-order valence-corrected chi connectivity index (χ4v) is 0.908. The van der Waals surface area contributed by atoms with Crippen LogP contribution >= 0.6 is 0 Å². The maximum Gasteiger partial charge on any atom is 0.128 e. The van der Waals surface area contributed by atoms with Crippen LogP contribution in [-0.4, -0.2) is 12.5 Å². The summed E-state index contributed by atoms with van der Waals surface area (Å²) in [5, 5.41) is 0. The molecule has 0 spiro atoms. The zero-order valence-corrected chi connectivity index (χ0v) is 6.46. The van der Waals surface area contributed by atoms with Gasteiger partial charge >= 0.3 is 0 Å². The van der Waals surface area contributed by atoms with Crippen molar-refractivity contribution in [1.82, 2.24) is 0 Å². The Balaban J connectivity index is 2.72. The van der Waals surface area contributed by atoms with Crippen molar-refractivity contribution in [2.45, 2.75) is 13.3 Å². The quantitative estimate of drug-likeness (QED) is 0.559. The summed E-state index contributed by atoms with van der Waals surface area (Å²) in [5.41, 5.74) is 0.649. The monoisotopic (exact) mass is 150 g/mol. The minimum absolute atomic E-state index is 0.627. The molecule has 0 amide bonds. The van der Waals surface area contributed by atoms with Gasteiger partial charge in [-0.05, 0) is 19.1 Å². The van der Waals surface area contributed by atoms with Gasteiger partial charge in [-0.1, -0.05) is 6.08 Å². The number of ether oxygens (including phenoxy) is 1. The molecule has 1 aliphatic rings. The molecule has 0 radical (unpaired) electrons. The van der Waals surface area contributed by atoms with E-state index in [1.165, 1.54) is 0 Å². The van der Waals surface area contributed by atoms with Crippen LogP contribution in [0, 0.1) is 0 Å². The van der Waals surface area contributed by atoms with E-state index in [4.69, 9.17) is 4.74 Å². The van der Waals surface area contributed by atoms with Gasteiger partial charge in [-0.3, -0.25) is 0 Å². The highest BCUT2D eigenvalue weighted by Crippen LogP contribution is 2.13. The molecule has 0 N–H and O–H groups in total. The largest absolute Gasteiger partial charge is 0.494 e. The van der Waals surface area contributed by atoms with Gasteiger partial charge in [0.05, 0.1) is 6.61 Å². The van der Waals surface area contributed by atoms with Gasteiger partial charge < -0.3 is 4.74 Å². The molecule has 0 aliphatic heterocycles. The first-order valence-corrected chi connectivity index (χ1v) is 3.62. The number of carbonyl (C=O) groups excluding carboxylic acids is 1. The van der Waals surface area contributed by atoms with E-state index in [2.05, 4.69) is 0 Å². The summed E-state index contributed by atoms with van der Waals surface area (Å²) in [7, 11) is 0. The van der Waals surface area contributed by atoms with E-state index in [1.54, 1.807) is 6.08 Å². The Labute approximate surface area is 65.9 Å². The van der Waals surface area contributed by atoms with Crippen LogP contribution in [0.3, 0.4) is 0 Å². The van der Waals surface area contributed by atoms with Gasteiger partial charge in [0, 0.05) is 12.0 Å². The molecule has 0 atom stereocenters. The lowest BCUT2D eigenvalue weighted by Crippen LogP contribution is -1.93. The Morgan fingerprint density at radius 2 is 2.55 bits per heavy atom. The topological polar surface area (TPSA) is 26.3 Å². The average molecular weight is 150 g/mol. The normalized spacial score (nSPS) is 15.7. The number of hydrogen-bond acceptors (Lipinski definition) is 2. The third-order valence-electron chi connectivity index (χ3n) is 1.38. The van der Waals surface area contributed by atoms with Crippen molar-refractivity contribution in [3.05, 3.63) is 29.6 Å². The van der Waals surface area contributed by atoms with E-state index >= 15 is 0 Å². The lowest BCUT2D eigenvalue weighted by molar-refractivity contribution is 0.241. The van der Waals surface area contributed by atoms with Crippen LogP contribution in [0.4, 0.5) is 0 Å². The van der Waals surface area contributed by atoms with Crippen molar-refractivity contribution >= 4 is 5.94 Å². The predicted molar refractivity (Wildman–Crippen MR) is 42.7 cm³/mol. The summed E-state index contributed by atoms with van der Waals surface area (Å²) in [4.78, 5) is 10.2. The Bertz CT molecular complexity index is 242. The van der Waals surface area contributed by atoms with E-state index in [0.717, 1.165) is 5.76 Å². The lowest BCUT2D eigenvalue weighted by atomic mass is 10.1. The van der Waals surface area contributed by atoms with Crippen molar-refractivity contribution in [2.75, 3.05) is 6.61 Å². The summed E-state index contributed by atoms with van der Waals surface area (Å²) in [6, 6.07) is 0. The molecule has 0 bridgehead atoms. The molecule has 1 rings (SSSR count). The molecule has 0 saturated carbocycles. The first-order valence-electron chi connectivity index (χ1n) is 3.62. The fourth-order valence-electron chi connectivity index (χ4n) is 0.908. The Kier molecular flexibility index (Phi) is 2.70. The summed E-state index contributed by atoms with van der Waals surface area (Å²) < 4.78 is 5.19. The third-order valence-corrected chi connectivity index (χ3v) is 1.38. The van der Waals surface area contributed by atoms with Crippen LogP contribution in [0.5, 0.6) is 0 Å². The second-order valence-electron chi connectivity index (χ2n) is 2.21. The second kappa shape index (κ2) is 3.79. The van der Waals surface area contributed by atoms with E-state index in [-0.39, 0.29) is 0 Å². The zero-order chi connectivity index (χ0) is 8.10. The van der Waals surface area contributed by atoms with Crippen molar-refractivity contribution in [2.24, 2.45) is 0 Å². The molecule has 58 valence electrons. The molecule has 0 fully saturated rings. The van der Waals surface area contributed by atoms with Gasteiger partial charge in [0.25, 0.3) is 0 Å². The second-order valence-corrected chi connectivity index (χ2v) is 2.21. The molecule has 11 heavy (non-hydrogen) atoms. The van der Waals surface area contributed by atoms with Gasteiger partial charge in [0.2, 0.25) is 0 Å². The number of rotatable bonds is 2. The summed E-state index contributed by atoms with van der Waals surface area (Å²) >= 11 is 0. The fraction of sp³-hybridized carbons (Fsp3) is 0.333. The van der Waals surface area contributed by atoms with Crippen molar-refractivity contribution < 1.29 is 9.53 Å². The molecule has 2 nitrogen and oxygen atoms in total. The van der Waals surface area contributed by atoms with Crippen LogP contribution in [-0.2, 0) is 9.53 Å². The maximum absolute atomic E-state index is 10.2. The maximum atomic E-state index is 10.2. The molecular weight excluding hydrogens is 140 g/mol. The Morgan fingerprint density at radius 3 is 3.18 bits per heavy atom. The number of hydrogen-bond donors (Lipinski definition) is 0. The molecule has 0 aromatic heterocycles. The predicted octanol–water partition coefficient (Wildman–Crippen LogP) is 1.62. The molecule has 0 saturated heterocycles. The van der Waals surface area contributed by atoms with Gasteiger partial charge in [-0.15, -0.1) is 0 Å². The SMILES string of the molecule is CCOC1=CC(=C=O)CC=C1. The smallest absolute Gasteiger partial charge is 0.128 e. The van der Waals surface area contributed by atoms with Crippen LogP contribution in [0.15, 0.2) is 29.6 Å². The highest BCUT2D eigenvalue weighted by atomic mass is 16.5. The first kappa shape index (κ1) is 7.83. The summed E-state index contributed by atoms with van der Waals surface area (Å²) in [6.45, 7) is 2.54. The van der Waals surface area contributed by atoms with E-state index in [9.17, 15) is 4.79 Å². The molecule has 0 aromatic rings. The molecule has 2 heteroatoms. The Hall–Kier alpha value is -1.27. The van der Waals surface area contributed by atoms with Gasteiger partial charge in [-0.25, -0.2) is 4.79 Å². The number of allylic oxidation sites excluding steroid dienone is 4. The lowest BCUT2D eigenvalue weighted by Gasteiger charge is -2.06. The summed E-state index contributed by atoms with van der Waals surface area (Å²) in [6.07, 6.45) is 6.14. The third kappa shape index (κ3) is 2.10. The highest BCUT2D eigenvalue weighted by molar-refractivity contribution is 5.59. The van der Waals surface area contributed by atoms with E-state index in [0.29, 0.717) is 18.6 Å².